The van der Waals surface area contributed by atoms with Crippen molar-refractivity contribution in [2.45, 2.75) is 37.9 Å². The SMILES string of the molecule is CN1CCN(C)C(Cc2ncc(CNC3CC3)[nH]2)C1. The highest BCUT2D eigenvalue weighted by molar-refractivity contribution is 5.04. The number of imidazole rings is 1. The van der Waals surface area contributed by atoms with Crippen molar-refractivity contribution in [2.24, 2.45) is 0 Å². The van der Waals surface area contributed by atoms with Crippen LogP contribution in [0.25, 0.3) is 0 Å². The van der Waals surface area contributed by atoms with E-state index in [4.69, 9.17) is 0 Å². The predicted octanol–water partition coefficient (Wildman–Crippen LogP) is 0.450. The van der Waals surface area contributed by atoms with Crippen molar-refractivity contribution in [3.8, 4) is 0 Å². The van der Waals surface area contributed by atoms with Gasteiger partial charge in [0.15, 0.2) is 0 Å². The van der Waals surface area contributed by atoms with Crippen LogP contribution in [0.4, 0.5) is 0 Å². The van der Waals surface area contributed by atoms with E-state index in [0.29, 0.717) is 6.04 Å². The lowest BCUT2D eigenvalue weighted by molar-refractivity contribution is 0.113. The maximum Gasteiger partial charge on any atom is 0.107 e. The first-order valence-electron chi connectivity index (χ1n) is 7.35. The molecule has 2 fully saturated rings. The second-order valence-electron chi connectivity index (χ2n) is 6.11. The van der Waals surface area contributed by atoms with Gasteiger partial charge in [0.05, 0.1) is 0 Å². The summed E-state index contributed by atoms with van der Waals surface area (Å²) in [4.78, 5) is 12.8. The quantitative estimate of drug-likeness (QED) is 0.810. The minimum atomic E-state index is 0.578. The van der Waals surface area contributed by atoms with Crippen LogP contribution in [-0.2, 0) is 13.0 Å². The zero-order chi connectivity index (χ0) is 13.2. The molecule has 1 saturated carbocycles. The predicted molar refractivity (Wildman–Crippen MR) is 76.1 cm³/mol. The highest BCUT2D eigenvalue weighted by atomic mass is 15.3. The molecule has 1 saturated heterocycles. The van der Waals surface area contributed by atoms with Crippen molar-refractivity contribution in [3.63, 3.8) is 0 Å². The zero-order valence-corrected chi connectivity index (χ0v) is 12.0. The highest BCUT2D eigenvalue weighted by Crippen LogP contribution is 2.19. The third-order valence-corrected chi connectivity index (χ3v) is 4.25. The van der Waals surface area contributed by atoms with Gasteiger partial charge >= 0.3 is 0 Å². The molecule has 2 heterocycles. The molecule has 2 N–H and O–H groups in total. The summed E-state index contributed by atoms with van der Waals surface area (Å²) in [6.45, 7) is 4.38. The van der Waals surface area contributed by atoms with Gasteiger partial charge in [-0.25, -0.2) is 4.98 Å². The summed E-state index contributed by atoms with van der Waals surface area (Å²) in [6.07, 6.45) is 5.67. The fourth-order valence-corrected chi connectivity index (χ4v) is 2.69. The standard InChI is InChI=1S/C14H25N5/c1-18-5-6-19(2)13(10-18)7-14-16-9-12(17-14)8-15-11-3-4-11/h9,11,13,15H,3-8,10H2,1-2H3,(H,16,17). The summed E-state index contributed by atoms with van der Waals surface area (Å²) in [5, 5.41) is 3.52. The molecule has 5 heteroatoms. The van der Waals surface area contributed by atoms with Gasteiger partial charge in [0, 0.05) is 56.6 Å². The first-order chi connectivity index (χ1) is 9.20. The summed E-state index contributed by atoms with van der Waals surface area (Å²) >= 11 is 0. The average molecular weight is 263 g/mol. The minimum absolute atomic E-state index is 0.578. The molecule has 0 radical (unpaired) electrons. The first kappa shape index (κ1) is 13.1. The fourth-order valence-electron chi connectivity index (χ4n) is 2.69. The van der Waals surface area contributed by atoms with Crippen LogP contribution in [0, 0.1) is 0 Å². The maximum atomic E-state index is 4.53. The number of aromatic nitrogens is 2. The number of rotatable bonds is 5. The van der Waals surface area contributed by atoms with E-state index in [1.807, 2.05) is 6.20 Å². The molecule has 19 heavy (non-hydrogen) atoms. The number of nitrogens with zero attached hydrogens (tertiary/aromatic N) is 3. The third kappa shape index (κ3) is 3.55. The molecule has 0 aromatic carbocycles. The van der Waals surface area contributed by atoms with E-state index in [1.165, 1.54) is 25.1 Å². The molecule has 3 rings (SSSR count). The van der Waals surface area contributed by atoms with Gasteiger partial charge in [0.1, 0.15) is 5.82 Å². The second-order valence-corrected chi connectivity index (χ2v) is 6.11. The number of likely N-dealkylation sites (N-methyl/N-ethyl adjacent to an activating group) is 2. The van der Waals surface area contributed by atoms with Gasteiger partial charge in [-0.15, -0.1) is 0 Å². The summed E-state index contributed by atoms with van der Waals surface area (Å²) in [7, 11) is 4.42. The smallest absolute Gasteiger partial charge is 0.107 e. The van der Waals surface area contributed by atoms with Crippen molar-refractivity contribution in [1.82, 2.24) is 25.1 Å². The Hall–Kier alpha value is -0.910. The molecule has 0 spiro atoms. The minimum Gasteiger partial charge on any atom is -0.345 e. The van der Waals surface area contributed by atoms with E-state index in [9.17, 15) is 0 Å². The number of piperazine rings is 1. The van der Waals surface area contributed by atoms with E-state index in [1.54, 1.807) is 0 Å². The Labute approximate surface area is 115 Å². The van der Waals surface area contributed by atoms with Gasteiger partial charge in [-0.1, -0.05) is 0 Å². The van der Waals surface area contributed by atoms with Crippen LogP contribution >= 0.6 is 0 Å². The van der Waals surface area contributed by atoms with E-state index >= 15 is 0 Å². The van der Waals surface area contributed by atoms with Crippen LogP contribution in [0.1, 0.15) is 24.4 Å². The van der Waals surface area contributed by atoms with Gasteiger partial charge < -0.3 is 20.1 Å². The van der Waals surface area contributed by atoms with E-state index < -0.39 is 0 Å². The summed E-state index contributed by atoms with van der Waals surface area (Å²) in [5.41, 5.74) is 1.22. The molecule has 1 aromatic rings. The lowest BCUT2D eigenvalue weighted by Crippen LogP contribution is -2.50. The van der Waals surface area contributed by atoms with Gasteiger partial charge in [-0.05, 0) is 26.9 Å². The Morgan fingerprint density at radius 1 is 1.37 bits per heavy atom. The molecule has 0 bridgehead atoms. The lowest BCUT2D eigenvalue weighted by atomic mass is 10.1. The van der Waals surface area contributed by atoms with Crippen LogP contribution in [0.2, 0.25) is 0 Å². The number of aromatic amines is 1. The lowest BCUT2D eigenvalue weighted by Gasteiger charge is -2.37. The van der Waals surface area contributed by atoms with Gasteiger partial charge in [-0.2, -0.15) is 0 Å². The molecule has 106 valence electrons. The average Bonchev–Trinajstić information content (AvgIpc) is 3.12. The summed E-state index contributed by atoms with van der Waals surface area (Å²) in [5.74, 6) is 1.12. The van der Waals surface area contributed by atoms with Crippen molar-refractivity contribution < 1.29 is 0 Å². The van der Waals surface area contributed by atoms with Crippen molar-refractivity contribution in [1.29, 1.82) is 0 Å². The van der Waals surface area contributed by atoms with E-state index in [-0.39, 0.29) is 0 Å². The van der Waals surface area contributed by atoms with Crippen molar-refractivity contribution in [2.75, 3.05) is 33.7 Å². The zero-order valence-electron chi connectivity index (χ0n) is 12.0. The molecule has 1 aliphatic heterocycles. The topological polar surface area (TPSA) is 47.2 Å². The number of hydrogen-bond acceptors (Lipinski definition) is 4. The number of nitrogens with one attached hydrogen (secondary N) is 2. The van der Waals surface area contributed by atoms with Crippen LogP contribution in [0.5, 0.6) is 0 Å². The molecule has 0 amide bonds. The maximum absolute atomic E-state index is 4.53. The van der Waals surface area contributed by atoms with Gasteiger partial charge in [-0.3, -0.25) is 0 Å². The Kier molecular flexibility index (Phi) is 3.86. The van der Waals surface area contributed by atoms with Crippen molar-refractivity contribution in [3.05, 3.63) is 17.7 Å². The fraction of sp³-hybridized carbons (Fsp3) is 0.786. The second kappa shape index (κ2) is 5.61. The summed E-state index contributed by atoms with van der Waals surface area (Å²) in [6, 6.07) is 1.33. The molecule has 1 unspecified atom stereocenters. The first-order valence-corrected chi connectivity index (χ1v) is 7.35. The molecule has 2 aliphatic rings. The van der Waals surface area contributed by atoms with Crippen LogP contribution in [0.15, 0.2) is 6.20 Å². The van der Waals surface area contributed by atoms with Crippen LogP contribution in [-0.4, -0.2) is 65.6 Å². The molecule has 1 aliphatic carbocycles. The van der Waals surface area contributed by atoms with Crippen molar-refractivity contribution >= 4 is 0 Å². The van der Waals surface area contributed by atoms with E-state index in [0.717, 1.165) is 37.9 Å². The number of H-pyrrole nitrogens is 1. The number of hydrogen-bond donors (Lipinski definition) is 2. The Morgan fingerprint density at radius 2 is 2.21 bits per heavy atom. The van der Waals surface area contributed by atoms with Crippen LogP contribution in [0.3, 0.4) is 0 Å². The molecular formula is C14H25N5. The largest absolute Gasteiger partial charge is 0.345 e. The van der Waals surface area contributed by atoms with Crippen LogP contribution < -0.4 is 5.32 Å². The molecular weight excluding hydrogens is 238 g/mol. The Balaban J connectivity index is 1.53. The summed E-state index contributed by atoms with van der Waals surface area (Å²) < 4.78 is 0. The van der Waals surface area contributed by atoms with E-state index in [2.05, 4.69) is 39.2 Å². The molecule has 1 atom stereocenters. The monoisotopic (exact) mass is 263 g/mol. The normalized spacial score (nSPS) is 25.9. The third-order valence-electron chi connectivity index (χ3n) is 4.25. The molecule has 5 nitrogen and oxygen atoms in total. The van der Waals surface area contributed by atoms with Gasteiger partial charge in [0.2, 0.25) is 0 Å². The Bertz CT molecular complexity index is 412. The van der Waals surface area contributed by atoms with Gasteiger partial charge in [0.25, 0.3) is 0 Å². The highest BCUT2D eigenvalue weighted by Gasteiger charge is 2.23. The Morgan fingerprint density at radius 3 is 3.00 bits per heavy atom. The molecule has 1 aromatic heterocycles.